The second kappa shape index (κ2) is 8.41. The van der Waals surface area contributed by atoms with E-state index in [4.69, 9.17) is 5.26 Å². The highest BCUT2D eigenvalue weighted by molar-refractivity contribution is 5.89. The summed E-state index contributed by atoms with van der Waals surface area (Å²) in [7, 11) is 0. The van der Waals surface area contributed by atoms with Crippen LogP contribution in [0.15, 0.2) is 55.1 Å². The van der Waals surface area contributed by atoms with Crippen LogP contribution in [0.4, 0.5) is 18.9 Å². The smallest absolute Gasteiger partial charge is 0.362 e. The molecule has 0 bridgehead atoms. The second-order valence-corrected chi connectivity index (χ2v) is 5.75. The van der Waals surface area contributed by atoms with Crippen molar-refractivity contribution in [2.24, 2.45) is 0 Å². The van der Waals surface area contributed by atoms with Crippen LogP contribution in [0.3, 0.4) is 0 Å². The highest BCUT2D eigenvalue weighted by Crippen LogP contribution is 2.34. The van der Waals surface area contributed by atoms with Gasteiger partial charge in [-0.25, -0.2) is 0 Å². The number of nitriles is 1. The van der Waals surface area contributed by atoms with Gasteiger partial charge in [0.05, 0.1) is 23.7 Å². The Morgan fingerprint density at radius 1 is 1.22 bits per heavy atom. The summed E-state index contributed by atoms with van der Waals surface area (Å²) >= 11 is 0. The lowest BCUT2D eigenvalue weighted by Crippen LogP contribution is -2.36. The van der Waals surface area contributed by atoms with E-state index < -0.39 is 23.2 Å². The third-order valence-electron chi connectivity index (χ3n) is 3.92. The summed E-state index contributed by atoms with van der Waals surface area (Å²) in [5.74, 6) is -0.399. The molecule has 0 atom stereocenters. The molecule has 4 nitrogen and oxygen atoms in total. The number of likely N-dealkylation sites (N-methyl/N-ethyl adjacent to an activating group) is 1. The first-order valence-electron chi connectivity index (χ1n) is 8.16. The average molecular weight is 373 g/mol. The van der Waals surface area contributed by atoms with Crippen molar-refractivity contribution in [2.45, 2.75) is 13.1 Å². The van der Waals surface area contributed by atoms with Gasteiger partial charge >= 0.3 is 6.18 Å². The molecule has 27 heavy (non-hydrogen) atoms. The number of halogens is 3. The molecule has 0 unspecified atom stereocenters. The Morgan fingerprint density at radius 3 is 2.44 bits per heavy atom. The number of rotatable bonds is 6. The van der Waals surface area contributed by atoms with Gasteiger partial charge < -0.3 is 10.2 Å². The Morgan fingerprint density at radius 2 is 1.89 bits per heavy atom. The van der Waals surface area contributed by atoms with E-state index in [9.17, 15) is 18.0 Å². The standard InChI is InChI=1S/C20H18F3N3O/c1-3-26(13-19(27)25-14(2)15-7-5-4-6-8-15)17-10-9-16(12-24)18(11-17)20(21,22)23/h4-11H,2-3,13H2,1H3,(H,25,27). The molecule has 1 amide bonds. The van der Waals surface area contributed by atoms with Crippen molar-refractivity contribution in [1.82, 2.24) is 5.32 Å². The van der Waals surface area contributed by atoms with E-state index in [0.717, 1.165) is 17.7 Å². The van der Waals surface area contributed by atoms with Crippen LogP contribution in [0, 0.1) is 11.3 Å². The van der Waals surface area contributed by atoms with Gasteiger partial charge in [0.2, 0.25) is 5.91 Å². The molecule has 0 saturated heterocycles. The van der Waals surface area contributed by atoms with Gasteiger partial charge in [0.1, 0.15) is 0 Å². The van der Waals surface area contributed by atoms with Crippen molar-refractivity contribution in [3.05, 3.63) is 71.8 Å². The van der Waals surface area contributed by atoms with E-state index in [1.54, 1.807) is 37.3 Å². The summed E-state index contributed by atoms with van der Waals surface area (Å²) in [6.07, 6.45) is -4.65. The van der Waals surface area contributed by atoms with E-state index in [2.05, 4.69) is 11.9 Å². The molecule has 0 aliphatic rings. The lowest BCUT2D eigenvalue weighted by Gasteiger charge is -2.24. The quantitative estimate of drug-likeness (QED) is 0.826. The summed E-state index contributed by atoms with van der Waals surface area (Å²) in [4.78, 5) is 13.8. The maximum absolute atomic E-state index is 13.1. The van der Waals surface area contributed by atoms with Gasteiger partial charge in [-0.3, -0.25) is 4.79 Å². The first kappa shape index (κ1) is 20.0. The predicted molar refractivity (Wildman–Crippen MR) is 97.7 cm³/mol. The van der Waals surface area contributed by atoms with Gasteiger partial charge in [-0.2, -0.15) is 18.4 Å². The molecule has 7 heteroatoms. The first-order chi connectivity index (χ1) is 12.8. The van der Waals surface area contributed by atoms with Crippen LogP contribution in [0.25, 0.3) is 5.70 Å². The zero-order valence-electron chi connectivity index (χ0n) is 14.7. The Balaban J connectivity index is 2.16. The van der Waals surface area contributed by atoms with E-state index in [1.807, 2.05) is 6.07 Å². The number of nitrogens with zero attached hydrogens (tertiary/aromatic N) is 2. The fourth-order valence-corrected chi connectivity index (χ4v) is 2.54. The molecule has 0 heterocycles. The van der Waals surface area contributed by atoms with Crippen molar-refractivity contribution >= 4 is 17.3 Å². The van der Waals surface area contributed by atoms with Crippen LogP contribution >= 0.6 is 0 Å². The fourth-order valence-electron chi connectivity index (χ4n) is 2.54. The summed E-state index contributed by atoms with van der Waals surface area (Å²) in [5, 5.41) is 11.5. The van der Waals surface area contributed by atoms with Crippen molar-refractivity contribution in [3.8, 4) is 6.07 Å². The van der Waals surface area contributed by atoms with Gasteiger partial charge in [0, 0.05) is 17.9 Å². The molecule has 0 saturated carbocycles. The number of amides is 1. The van der Waals surface area contributed by atoms with Crippen LogP contribution in [0.2, 0.25) is 0 Å². The maximum atomic E-state index is 13.1. The van der Waals surface area contributed by atoms with Crippen LogP contribution in [-0.4, -0.2) is 19.0 Å². The molecule has 140 valence electrons. The lowest BCUT2D eigenvalue weighted by molar-refractivity contribution is -0.137. The Kier molecular flexibility index (Phi) is 6.24. The van der Waals surface area contributed by atoms with Crippen molar-refractivity contribution in [3.63, 3.8) is 0 Å². The zero-order chi connectivity index (χ0) is 20.0. The third-order valence-corrected chi connectivity index (χ3v) is 3.92. The first-order valence-corrected chi connectivity index (χ1v) is 8.16. The number of benzene rings is 2. The van der Waals surface area contributed by atoms with Crippen molar-refractivity contribution in [1.29, 1.82) is 5.26 Å². The zero-order valence-corrected chi connectivity index (χ0v) is 14.7. The molecular weight excluding hydrogens is 355 g/mol. The minimum atomic E-state index is -4.65. The topological polar surface area (TPSA) is 56.1 Å². The molecule has 1 N–H and O–H groups in total. The summed E-state index contributed by atoms with van der Waals surface area (Å²) in [5.41, 5.74) is -0.109. The van der Waals surface area contributed by atoms with Crippen molar-refractivity contribution < 1.29 is 18.0 Å². The average Bonchev–Trinajstić information content (AvgIpc) is 2.65. The highest BCUT2D eigenvalue weighted by atomic mass is 19.4. The molecule has 0 fully saturated rings. The number of alkyl halides is 3. The highest BCUT2D eigenvalue weighted by Gasteiger charge is 2.34. The van der Waals surface area contributed by atoms with Crippen LogP contribution < -0.4 is 10.2 Å². The Labute approximate surface area is 155 Å². The SMILES string of the molecule is C=C(NC(=O)CN(CC)c1ccc(C#N)c(C(F)(F)F)c1)c1ccccc1. The second-order valence-electron chi connectivity index (χ2n) is 5.75. The predicted octanol–water partition coefficient (Wildman–Crippen LogP) is 4.19. The molecule has 2 aromatic rings. The third kappa shape index (κ3) is 5.11. The molecular formula is C20H18F3N3O. The number of carbonyl (C=O) groups excluding carboxylic acids is 1. The van der Waals surface area contributed by atoms with Crippen LogP contribution in [0.1, 0.15) is 23.6 Å². The Hall–Kier alpha value is -3.27. The van der Waals surface area contributed by atoms with Gasteiger partial charge in [-0.15, -0.1) is 0 Å². The molecule has 0 aliphatic heterocycles. The maximum Gasteiger partial charge on any atom is 0.417 e. The molecule has 0 aliphatic carbocycles. The fraction of sp³-hybridized carbons (Fsp3) is 0.200. The van der Waals surface area contributed by atoms with Crippen LogP contribution in [0.5, 0.6) is 0 Å². The lowest BCUT2D eigenvalue weighted by atomic mass is 10.1. The normalized spacial score (nSPS) is 10.8. The van der Waals surface area contributed by atoms with Crippen LogP contribution in [-0.2, 0) is 11.0 Å². The number of anilines is 1. The van der Waals surface area contributed by atoms with Gasteiger partial charge in [-0.1, -0.05) is 36.9 Å². The molecule has 2 rings (SSSR count). The molecule has 0 spiro atoms. The number of hydrogen-bond donors (Lipinski definition) is 1. The minimum absolute atomic E-state index is 0.147. The largest absolute Gasteiger partial charge is 0.417 e. The number of nitrogens with one attached hydrogen (secondary N) is 1. The number of hydrogen-bond acceptors (Lipinski definition) is 3. The van der Waals surface area contributed by atoms with E-state index >= 15 is 0 Å². The molecule has 2 aromatic carbocycles. The van der Waals surface area contributed by atoms with E-state index in [0.29, 0.717) is 12.2 Å². The monoisotopic (exact) mass is 373 g/mol. The van der Waals surface area contributed by atoms with Gasteiger partial charge in [-0.05, 0) is 30.7 Å². The van der Waals surface area contributed by atoms with E-state index in [-0.39, 0.29) is 12.2 Å². The van der Waals surface area contributed by atoms with Gasteiger partial charge in [0.25, 0.3) is 0 Å². The summed E-state index contributed by atoms with van der Waals surface area (Å²) in [6, 6.07) is 14.0. The molecule has 0 aromatic heterocycles. The Bertz CT molecular complexity index is 870. The summed E-state index contributed by atoms with van der Waals surface area (Å²) in [6.45, 7) is 5.70. The van der Waals surface area contributed by atoms with Gasteiger partial charge in [0.15, 0.2) is 0 Å². The molecule has 0 radical (unpaired) electrons. The van der Waals surface area contributed by atoms with Crippen molar-refractivity contribution in [2.75, 3.05) is 18.0 Å². The van der Waals surface area contributed by atoms with E-state index in [1.165, 1.54) is 11.0 Å². The minimum Gasteiger partial charge on any atom is -0.362 e. The number of carbonyl (C=O) groups is 1. The summed E-state index contributed by atoms with van der Waals surface area (Å²) < 4.78 is 39.4.